The Morgan fingerprint density at radius 2 is 1.64 bits per heavy atom. The van der Waals surface area contributed by atoms with E-state index in [2.05, 4.69) is 24.1 Å². The average Bonchev–Trinajstić information content (AvgIpc) is 2.82. The number of alkyl halides is 2. The number of halogens is 5. The minimum Gasteiger partial charge on any atom is -0.431 e. The summed E-state index contributed by atoms with van der Waals surface area (Å²) >= 11 is 0. The number of rotatable bonds is 6. The molecule has 2 atom stereocenters. The van der Waals surface area contributed by atoms with Crippen molar-refractivity contribution in [2.75, 3.05) is 0 Å². The van der Waals surface area contributed by atoms with Gasteiger partial charge in [-0.3, -0.25) is 4.98 Å². The Bertz CT molecular complexity index is 960. The van der Waals surface area contributed by atoms with E-state index in [-0.39, 0.29) is 17.0 Å². The predicted molar refractivity (Wildman–Crippen MR) is 116 cm³/mol. The van der Waals surface area contributed by atoms with Crippen LogP contribution in [0, 0.1) is 41.1 Å². The Balaban J connectivity index is 1.35. The lowest BCUT2D eigenvalue weighted by atomic mass is 9.71. The Labute approximate surface area is 190 Å². The molecule has 1 aromatic carbocycles. The molecule has 0 spiro atoms. The summed E-state index contributed by atoms with van der Waals surface area (Å²) in [5.41, 5.74) is 0.125. The normalized spacial score (nSPS) is 25.8. The molecule has 1 heterocycles. The largest absolute Gasteiger partial charge is 0.431 e. The van der Waals surface area contributed by atoms with Gasteiger partial charge in [0, 0.05) is 5.56 Å². The Kier molecular flexibility index (Phi) is 7.05. The van der Waals surface area contributed by atoms with E-state index >= 15 is 0 Å². The van der Waals surface area contributed by atoms with Crippen molar-refractivity contribution in [2.24, 2.45) is 23.7 Å². The van der Waals surface area contributed by atoms with Gasteiger partial charge >= 0.3 is 6.11 Å². The van der Waals surface area contributed by atoms with Crippen molar-refractivity contribution in [1.29, 1.82) is 0 Å². The highest BCUT2D eigenvalue weighted by Gasteiger charge is 2.44. The van der Waals surface area contributed by atoms with Crippen molar-refractivity contribution < 1.29 is 26.7 Å². The van der Waals surface area contributed by atoms with Crippen LogP contribution in [-0.4, -0.2) is 11.1 Å². The fraction of sp³-hybridized carbons (Fsp3) is 0.500. The molecule has 1 aromatic heterocycles. The molecule has 33 heavy (non-hydrogen) atoms. The molecule has 0 saturated heterocycles. The molecular weight excluding hydrogens is 437 g/mol. The molecule has 2 aliphatic rings. The maximum absolute atomic E-state index is 14.8. The maximum atomic E-state index is 14.8. The van der Waals surface area contributed by atoms with Crippen molar-refractivity contribution in [2.45, 2.75) is 58.0 Å². The van der Waals surface area contributed by atoms with Crippen molar-refractivity contribution in [1.82, 2.24) is 4.98 Å². The summed E-state index contributed by atoms with van der Waals surface area (Å²) in [5, 5.41) is 0. The van der Waals surface area contributed by atoms with E-state index in [4.69, 9.17) is 4.74 Å². The summed E-state index contributed by atoms with van der Waals surface area (Å²) in [7, 11) is 0. The number of pyridine rings is 1. The van der Waals surface area contributed by atoms with E-state index < -0.39 is 29.5 Å². The van der Waals surface area contributed by atoms with Gasteiger partial charge in [0.15, 0.2) is 17.5 Å². The van der Waals surface area contributed by atoms with Gasteiger partial charge in [-0.15, -0.1) is 0 Å². The number of allylic oxidation sites excluding steroid dienone is 2. The first-order valence-electron chi connectivity index (χ1n) is 11.6. The average molecular weight is 466 g/mol. The van der Waals surface area contributed by atoms with Gasteiger partial charge < -0.3 is 4.74 Å². The maximum Gasteiger partial charge on any atom is 0.400 e. The van der Waals surface area contributed by atoms with Gasteiger partial charge in [-0.05, 0) is 87.0 Å². The quantitative estimate of drug-likeness (QED) is 0.245. The summed E-state index contributed by atoms with van der Waals surface area (Å²) in [4.78, 5) is 3.95. The SMILES string of the molecule is CCC1C=CC(C2CCC(C(F)(F)Oc3ccc(-c4cc(F)c(F)c(F)c4)nc3)CC2)CC1. The van der Waals surface area contributed by atoms with Crippen LogP contribution in [0.5, 0.6) is 5.75 Å². The molecule has 0 bridgehead atoms. The molecule has 2 nitrogen and oxygen atoms in total. The molecule has 0 aliphatic heterocycles. The van der Waals surface area contributed by atoms with Crippen LogP contribution >= 0.6 is 0 Å². The molecule has 2 unspecified atom stereocenters. The molecule has 2 aliphatic carbocycles. The lowest BCUT2D eigenvalue weighted by Gasteiger charge is -2.37. The number of aromatic nitrogens is 1. The highest BCUT2D eigenvalue weighted by atomic mass is 19.3. The van der Waals surface area contributed by atoms with Crippen LogP contribution in [0.3, 0.4) is 0 Å². The van der Waals surface area contributed by atoms with Crippen LogP contribution in [0.25, 0.3) is 11.3 Å². The van der Waals surface area contributed by atoms with Crippen LogP contribution in [0.2, 0.25) is 0 Å². The van der Waals surface area contributed by atoms with Gasteiger partial charge in [-0.25, -0.2) is 13.2 Å². The summed E-state index contributed by atoms with van der Waals surface area (Å²) < 4.78 is 74.7. The minimum atomic E-state index is -3.34. The molecule has 7 heteroatoms. The standard InChI is InChI=1S/C26H28F5NO/c1-2-16-3-5-17(6-4-16)18-7-9-20(10-8-18)26(30,31)33-21-11-12-24(32-15-21)19-13-22(27)25(29)23(28)14-19/h3,5,11-18,20H,2,4,6-10H2,1H3. The molecular formula is C26H28F5NO. The molecule has 2 aromatic rings. The molecule has 178 valence electrons. The molecule has 0 amide bonds. The Hall–Kier alpha value is -2.44. The van der Waals surface area contributed by atoms with E-state index in [0.29, 0.717) is 30.6 Å². The Morgan fingerprint density at radius 1 is 0.939 bits per heavy atom. The third kappa shape index (κ3) is 5.39. The van der Waals surface area contributed by atoms with Gasteiger partial charge in [0.2, 0.25) is 0 Å². The van der Waals surface area contributed by atoms with Gasteiger partial charge in [-0.2, -0.15) is 8.78 Å². The first-order chi connectivity index (χ1) is 15.8. The lowest BCUT2D eigenvalue weighted by Crippen LogP contribution is -2.38. The molecule has 1 saturated carbocycles. The van der Waals surface area contributed by atoms with Gasteiger partial charge in [-0.1, -0.05) is 19.1 Å². The third-order valence-corrected chi connectivity index (χ3v) is 7.15. The van der Waals surface area contributed by atoms with Crippen molar-refractivity contribution >= 4 is 0 Å². The number of hydrogen-bond donors (Lipinski definition) is 0. The summed E-state index contributed by atoms with van der Waals surface area (Å²) in [5.74, 6) is -3.68. The minimum absolute atomic E-state index is 0.00468. The second kappa shape index (κ2) is 9.82. The second-order valence-electron chi connectivity index (χ2n) is 9.20. The van der Waals surface area contributed by atoms with Crippen molar-refractivity contribution in [3.8, 4) is 17.0 Å². The Morgan fingerprint density at radius 3 is 2.18 bits per heavy atom. The van der Waals surface area contributed by atoms with Crippen molar-refractivity contribution in [3.63, 3.8) is 0 Å². The van der Waals surface area contributed by atoms with Crippen molar-refractivity contribution in [3.05, 3.63) is 60.1 Å². The molecule has 4 rings (SSSR count). The second-order valence-corrected chi connectivity index (χ2v) is 9.20. The highest BCUT2D eigenvalue weighted by molar-refractivity contribution is 5.59. The van der Waals surface area contributed by atoms with E-state index in [1.165, 1.54) is 18.6 Å². The van der Waals surface area contributed by atoms with Crippen LogP contribution in [0.4, 0.5) is 22.0 Å². The van der Waals surface area contributed by atoms with Gasteiger partial charge in [0.05, 0.1) is 17.8 Å². The zero-order valence-corrected chi connectivity index (χ0v) is 18.5. The monoisotopic (exact) mass is 465 g/mol. The topological polar surface area (TPSA) is 22.1 Å². The van der Waals surface area contributed by atoms with E-state index in [9.17, 15) is 22.0 Å². The zero-order valence-electron chi connectivity index (χ0n) is 18.5. The first-order valence-corrected chi connectivity index (χ1v) is 11.6. The number of hydrogen-bond acceptors (Lipinski definition) is 2. The summed E-state index contributed by atoms with van der Waals surface area (Å²) in [6.45, 7) is 2.19. The van der Waals surface area contributed by atoms with Gasteiger partial charge in [0.1, 0.15) is 5.75 Å². The smallest absolute Gasteiger partial charge is 0.400 e. The van der Waals surface area contributed by atoms with E-state index in [1.807, 2.05) is 0 Å². The molecule has 0 radical (unpaired) electrons. The predicted octanol–water partition coefficient (Wildman–Crippen LogP) is 7.94. The number of ether oxygens (including phenoxy) is 1. The van der Waals surface area contributed by atoms with Crippen LogP contribution in [0.15, 0.2) is 42.6 Å². The molecule has 1 fully saturated rings. The highest BCUT2D eigenvalue weighted by Crippen LogP contribution is 2.44. The fourth-order valence-electron chi connectivity index (χ4n) is 5.07. The van der Waals surface area contributed by atoms with E-state index in [0.717, 1.165) is 44.0 Å². The summed E-state index contributed by atoms with van der Waals surface area (Å²) in [6, 6.07) is 4.20. The van der Waals surface area contributed by atoms with Crippen LogP contribution < -0.4 is 4.74 Å². The third-order valence-electron chi connectivity index (χ3n) is 7.15. The summed E-state index contributed by atoms with van der Waals surface area (Å²) in [6.07, 6.45) is 8.12. The van der Waals surface area contributed by atoms with E-state index in [1.54, 1.807) is 0 Å². The zero-order chi connectivity index (χ0) is 23.6. The van der Waals surface area contributed by atoms with Gasteiger partial charge in [0.25, 0.3) is 0 Å². The number of benzene rings is 1. The van der Waals surface area contributed by atoms with Crippen LogP contribution in [0.1, 0.15) is 51.9 Å². The fourth-order valence-corrected chi connectivity index (χ4v) is 5.07. The lowest BCUT2D eigenvalue weighted by molar-refractivity contribution is -0.224. The van der Waals surface area contributed by atoms with Crippen LogP contribution in [-0.2, 0) is 0 Å². The number of nitrogens with zero attached hydrogens (tertiary/aromatic N) is 1. The first kappa shape index (κ1) is 23.7. The molecule has 0 N–H and O–H groups in total.